The maximum atomic E-state index is 5.85. The molecule has 0 saturated heterocycles. The third-order valence-electron chi connectivity index (χ3n) is 3.92. The van der Waals surface area contributed by atoms with Crippen molar-refractivity contribution < 1.29 is 9.47 Å². The molecule has 0 fully saturated rings. The molecular formula is C18H26N2O2. The molecule has 0 amide bonds. The van der Waals surface area contributed by atoms with Gasteiger partial charge in [-0.3, -0.25) is 0 Å². The third-order valence-corrected chi connectivity index (χ3v) is 3.92. The summed E-state index contributed by atoms with van der Waals surface area (Å²) >= 11 is 0. The second kappa shape index (κ2) is 7.43. The largest absolute Gasteiger partial charge is 0.480 e. The average molecular weight is 302 g/mol. The SMILES string of the molecule is CCOC1=NC(Cc2ccccc2)(C(C)C)C(OCC)=NC1. The van der Waals surface area contributed by atoms with E-state index in [1.165, 1.54) is 5.56 Å². The molecule has 0 aliphatic carbocycles. The Morgan fingerprint density at radius 2 is 1.77 bits per heavy atom. The Morgan fingerprint density at radius 3 is 2.36 bits per heavy atom. The van der Waals surface area contributed by atoms with Crippen molar-refractivity contribution in [2.75, 3.05) is 19.8 Å². The molecule has 1 heterocycles. The van der Waals surface area contributed by atoms with Crippen LogP contribution >= 0.6 is 0 Å². The standard InChI is InChI=1S/C18H26N2O2/c1-5-21-16-13-19-17(22-6-2)18(20-16,14(3)4)12-15-10-8-7-9-11-15/h7-11,14H,5-6,12-13H2,1-4H3. The fourth-order valence-corrected chi connectivity index (χ4v) is 2.74. The molecule has 0 aromatic heterocycles. The normalized spacial score (nSPS) is 21.3. The van der Waals surface area contributed by atoms with E-state index >= 15 is 0 Å². The van der Waals surface area contributed by atoms with Crippen molar-refractivity contribution in [3.63, 3.8) is 0 Å². The Balaban J connectivity index is 2.41. The molecule has 1 aromatic carbocycles. The number of hydrogen-bond acceptors (Lipinski definition) is 4. The van der Waals surface area contributed by atoms with Gasteiger partial charge in [-0.05, 0) is 25.3 Å². The van der Waals surface area contributed by atoms with Gasteiger partial charge in [0.15, 0.2) is 0 Å². The lowest BCUT2D eigenvalue weighted by Crippen LogP contribution is -2.49. The van der Waals surface area contributed by atoms with Gasteiger partial charge in [0.1, 0.15) is 12.1 Å². The van der Waals surface area contributed by atoms with Gasteiger partial charge in [0.25, 0.3) is 0 Å². The first kappa shape index (κ1) is 16.5. The fourth-order valence-electron chi connectivity index (χ4n) is 2.74. The number of rotatable bonds is 5. The van der Waals surface area contributed by atoms with Gasteiger partial charge in [-0.2, -0.15) is 0 Å². The minimum absolute atomic E-state index is 0.258. The maximum absolute atomic E-state index is 5.85. The topological polar surface area (TPSA) is 43.2 Å². The molecule has 1 aliphatic rings. The average Bonchev–Trinajstić information content (AvgIpc) is 2.51. The summed E-state index contributed by atoms with van der Waals surface area (Å²) in [5, 5.41) is 0. The van der Waals surface area contributed by atoms with Crippen LogP contribution in [0.1, 0.15) is 33.3 Å². The molecule has 4 nitrogen and oxygen atoms in total. The van der Waals surface area contributed by atoms with Crippen molar-refractivity contribution in [2.45, 2.75) is 39.7 Å². The van der Waals surface area contributed by atoms with E-state index in [9.17, 15) is 0 Å². The van der Waals surface area contributed by atoms with Crippen molar-refractivity contribution in [1.82, 2.24) is 0 Å². The highest BCUT2D eigenvalue weighted by Crippen LogP contribution is 2.32. The fraction of sp³-hybridized carbons (Fsp3) is 0.556. The Kier molecular flexibility index (Phi) is 5.58. The van der Waals surface area contributed by atoms with Gasteiger partial charge in [-0.15, -0.1) is 0 Å². The van der Waals surface area contributed by atoms with E-state index < -0.39 is 5.54 Å². The molecule has 120 valence electrons. The molecule has 1 aromatic rings. The van der Waals surface area contributed by atoms with Crippen LogP contribution in [0.3, 0.4) is 0 Å². The number of ether oxygens (including phenoxy) is 2. The summed E-state index contributed by atoms with van der Waals surface area (Å²) in [4.78, 5) is 9.57. The van der Waals surface area contributed by atoms with Crippen LogP contribution in [0.5, 0.6) is 0 Å². The molecule has 22 heavy (non-hydrogen) atoms. The van der Waals surface area contributed by atoms with E-state index in [2.05, 4.69) is 43.1 Å². The van der Waals surface area contributed by atoms with E-state index in [0.717, 1.165) is 12.3 Å². The van der Waals surface area contributed by atoms with Crippen molar-refractivity contribution in [1.29, 1.82) is 0 Å². The van der Waals surface area contributed by atoms with E-state index in [0.29, 0.717) is 25.7 Å². The van der Waals surface area contributed by atoms with Crippen molar-refractivity contribution in [3.8, 4) is 0 Å². The third kappa shape index (κ3) is 3.49. The second-order valence-electron chi connectivity index (χ2n) is 5.73. The minimum Gasteiger partial charge on any atom is -0.480 e. The number of aliphatic imine (C=N–C) groups is 2. The number of nitrogens with zero attached hydrogens (tertiary/aromatic N) is 2. The zero-order valence-electron chi connectivity index (χ0n) is 14.0. The summed E-state index contributed by atoms with van der Waals surface area (Å²) in [7, 11) is 0. The molecule has 0 radical (unpaired) electrons. The van der Waals surface area contributed by atoms with Crippen molar-refractivity contribution >= 4 is 11.8 Å². The Bertz CT molecular complexity index is 537. The number of benzene rings is 1. The van der Waals surface area contributed by atoms with Crippen LogP contribution in [0.15, 0.2) is 40.3 Å². The van der Waals surface area contributed by atoms with Crippen LogP contribution in [-0.4, -0.2) is 37.1 Å². The lowest BCUT2D eigenvalue weighted by Gasteiger charge is -2.37. The first-order chi connectivity index (χ1) is 10.6. The predicted molar refractivity (Wildman–Crippen MR) is 90.7 cm³/mol. The monoisotopic (exact) mass is 302 g/mol. The van der Waals surface area contributed by atoms with Gasteiger partial charge in [-0.1, -0.05) is 44.2 Å². The van der Waals surface area contributed by atoms with Gasteiger partial charge in [-0.25, -0.2) is 9.98 Å². The van der Waals surface area contributed by atoms with Crippen LogP contribution in [0, 0.1) is 5.92 Å². The van der Waals surface area contributed by atoms with Gasteiger partial charge >= 0.3 is 0 Å². The second-order valence-corrected chi connectivity index (χ2v) is 5.73. The Morgan fingerprint density at radius 1 is 1.09 bits per heavy atom. The van der Waals surface area contributed by atoms with Crippen LogP contribution in [-0.2, 0) is 15.9 Å². The quantitative estimate of drug-likeness (QED) is 0.835. The smallest absolute Gasteiger partial charge is 0.213 e. The summed E-state index contributed by atoms with van der Waals surface area (Å²) < 4.78 is 11.5. The molecule has 0 spiro atoms. The van der Waals surface area contributed by atoms with E-state index in [1.807, 2.05) is 19.9 Å². The van der Waals surface area contributed by atoms with Gasteiger partial charge in [0.05, 0.1) is 13.2 Å². The summed E-state index contributed by atoms with van der Waals surface area (Å²) in [5.74, 6) is 1.70. The summed E-state index contributed by atoms with van der Waals surface area (Å²) in [6, 6.07) is 10.4. The van der Waals surface area contributed by atoms with Crippen molar-refractivity contribution in [3.05, 3.63) is 35.9 Å². The van der Waals surface area contributed by atoms with Gasteiger partial charge in [0, 0.05) is 6.42 Å². The lowest BCUT2D eigenvalue weighted by atomic mass is 9.80. The molecule has 1 atom stereocenters. The van der Waals surface area contributed by atoms with Crippen LogP contribution in [0.25, 0.3) is 0 Å². The molecule has 0 bridgehead atoms. The molecule has 0 saturated carbocycles. The Labute approximate surface area is 133 Å². The van der Waals surface area contributed by atoms with Gasteiger partial charge < -0.3 is 9.47 Å². The van der Waals surface area contributed by atoms with Crippen LogP contribution in [0.2, 0.25) is 0 Å². The van der Waals surface area contributed by atoms with Gasteiger partial charge in [0.2, 0.25) is 11.8 Å². The van der Waals surface area contributed by atoms with E-state index in [4.69, 9.17) is 14.5 Å². The molecule has 0 N–H and O–H groups in total. The number of hydrogen-bond donors (Lipinski definition) is 0. The molecule has 4 heteroatoms. The molecular weight excluding hydrogens is 276 g/mol. The summed E-state index contributed by atoms with van der Waals surface area (Å²) in [6.45, 7) is 9.95. The molecule has 1 aliphatic heterocycles. The highest BCUT2D eigenvalue weighted by Gasteiger charge is 2.43. The zero-order chi connectivity index (χ0) is 16.0. The molecule has 2 rings (SSSR count). The minimum atomic E-state index is -0.486. The summed E-state index contributed by atoms with van der Waals surface area (Å²) in [5.41, 5.74) is 0.741. The van der Waals surface area contributed by atoms with Crippen molar-refractivity contribution in [2.24, 2.45) is 15.9 Å². The van der Waals surface area contributed by atoms with E-state index in [-0.39, 0.29) is 5.92 Å². The highest BCUT2D eigenvalue weighted by atomic mass is 16.5. The Hall–Kier alpha value is -1.84. The first-order valence-corrected chi connectivity index (χ1v) is 8.05. The van der Waals surface area contributed by atoms with E-state index in [1.54, 1.807) is 0 Å². The maximum Gasteiger partial charge on any atom is 0.213 e. The highest BCUT2D eigenvalue weighted by molar-refractivity contribution is 5.95. The van der Waals surface area contributed by atoms with Crippen LogP contribution in [0.4, 0.5) is 0 Å². The van der Waals surface area contributed by atoms with Crippen LogP contribution < -0.4 is 0 Å². The molecule has 1 unspecified atom stereocenters. The lowest BCUT2D eigenvalue weighted by molar-refractivity contribution is 0.244. The zero-order valence-corrected chi connectivity index (χ0v) is 14.0. The predicted octanol–water partition coefficient (Wildman–Crippen LogP) is 3.51. The summed E-state index contributed by atoms with van der Waals surface area (Å²) in [6.07, 6.45) is 0.765. The first-order valence-electron chi connectivity index (χ1n) is 8.05.